The van der Waals surface area contributed by atoms with Crippen molar-refractivity contribution in [1.82, 2.24) is 10.2 Å². The molecule has 0 bridgehead atoms. The van der Waals surface area contributed by atoms with Crippen molar-refractivity contribution in [1.29, 1.82) is 0 Å². The van der Waals surface area contributed by atoms with Crippen LogP contribution in [0.5, 0.6) is 0 Å². The molecule has 1 aliphatic heterocycles. The molecule has 0 fully saturated rings. The van der Waals surface area contributed by atoms with Gasteiger partial charge in [-0.25, -0.2) is 4.39 Å². The Labute approximate surface area is 127 Å². The van der Waals surface area contributed by atoms with Crippen LogP contribution in [0.15, 0.2) is 48.5 Å². The normalized spacial score (nSPS) is 13.1. The predicted molar refractivity (Wildman–Crippen MR) is 79.9 cm³/mol. The van der Waals surface area contributed by atoms with E-state index < -0.39 is 11.7 Å². The number of carbonyl (C=O) groups is 2. The zero-order chi connectivity index (χ0) is 15.5. The van der Waals surface area contributed by atoms with Gasteiger partial charge in [-0.3, -0.25) is 9.59 Å². The Morgan fingerprint density at radius 2 is 1.86 bits per heavy atom. The van der Waals surface area contributed by atoms with E-state index >= 15 is 0 Å². The van der Waals surface area contributed by atoms with Crippen LogP contribution in [0.25, 0.3) is 0 Å². The second-order valence-corrected chi connectivity index (χ2v) is 5.12. The number of hydrogen-bond donors (Lipinski definition) is 1. The summed E-state index contributed by atoms with van der Waals surface area (Å²) in [5.74, 6) is -1.05. The van der Waals surface area contributed by atoms with Crippen molar-refractivity contribution >= 4 is 11.8 Å². The first kappa shape index (κ1) is 14.3. The fourth-order valence-corrected chi connectivity index (χ4v) is 2.54. The van der Waals surface area contributed by atoms with Gasteiger partial charge in [0.15, 0.2) is 0 Å². The largest absolute Gasteiger partial charge is 0.350 e. The van der Waals surface area contributed by atoms with Crippen LogP contribution < -0.4 is 5.32 Å². The van der Waals surface area contributed by atoms with Gasteiger partial charge >= 0.3 is 0 Å². The first-order valence-electron chi connectivity index (χ1n) is 7.07. The predicted octanol–water partition coefficient (Wildman–Crippen LogP) is 2.21. The highest BCUT2D eigenvalue weighted by Gasteiger charge is 2.26. The third-order valence-corrected chi connectivity index (χ3v) is 3.68. The molecule has 1 N–H and O–H groups in total. The number of fused-ring (bicyclic) bond motifs is 1. The van der Waals surface area contributed by atoms with Crippen molar-refractivity contribution in [2.24, 2.45) is 0 Å². The highest BCUT2D eigenvalue weighted by Crippen LogP contribution is 2.21. The molecular formula is C17H15FN2O2. The average molecular weight is 298 g/mol. The van der Waals surface area contributed by atoms with E-state index in [9.17, 15) is 14.0 Å². The molecule has 1 aliphatic rings. The molecule has 0 saturated heterocycles. The molecule has 112 valence electrons. The summed E-state index contributed by atoms with van der Waals surface area (Å²) < 4.78 is 13.5. The lowest BCUT2D eigenvalue weighted by atomic mass is 10.1. The molecule has 0 unspecified atom stereocenters. The maximum absolute atomic E-state index is 13.5. The first-order chi connectivity index (χ1) is 10.7. The van der Waals surface area contributed by atoms with Crippen LogP contribution in [0.4, 0.5) is 4.39 Å². The van der Waals surface area contributed by atoms with Gasteiger partial charge in [-0.1, -0.05) is 30.3 Å². The van der Waals surface area contributed by atoms with E-state index in [1.165, 1.54) is 18.2 Å². The molecule has 4 nitrogen and oxygen atoms in total. The second-order valence-electron chi connectivity index (χ2n) is 5.12. The van der Waals surface area contributed by atoms with Gasteiger partial charge in [-0.05, 0) is 23.8 Å². The van der Waals surface area contributed by atoms with E-state index in [2.05, 4.69) is 5.32 Å². The van der Waals surface area contributed by atoms with Gasteiger partial charge in [0.1, 0.15) is 5.82 Å². The van der Waals surface area contributed by atoms with Gasteiger partial charge in [0.05, 0.1) is 5.56 Å². The van der Waals surface area contributed by atoms with Gasteiger partial charge in [0.2, 0.25) is 0 Å². The Hall–Kier alpha value is -2.69. The summed E-state index contributed by atoms with van der Waals surface area (Å²) in [5, 5.41) is 2.64. The molecule has 5 heteroatoms. The Morgan fingerprint density at radius 3 is 2.64 bits per heavy atom. The molecule has 0 aliphatic carbocycles. The fraction of sp³-hybridized carbons (Fsp3) is 0.176. The summed E-state index contributed by atoms with van der Waals surface area (Å²) in [6.07, 6.45) is 0. The molecule has 22 heavy (non-hydrogen) atoms. The summed E-state index contributed by atoms with van der Waals surface area (Å²) in [7, 11) is 0. The third kappa shape index (κ3) is 2.70. The quantitative estimate of drug-likeness (QED) is 0.941. The van der Waals surface area contributed by atoms with Crippen molar-refractivity contribution in [3.05, 3.63) is 71.0 Å². The Morgan fingerprint density at radius 1 is 1.14 bits per heavy atom. The maximum Gasteiger partial charge on any atom is 0.254 e. The van der Waals surface area contributed by atoms with E-state index in [-0.39, 0.29) is 18.0 Å². The highest BCUT2D eigenvalue weighted by molar-refractivity contribution is 5.98. The van der Waals surface area contributed by atoms with Crippen LogP contribution in [0.2, 0.25) is 0 Å². The minimum Gasteiger partial charge on any atom is -0.350 e. The molecule has 2 aromatic rings. The fourth-order valence-electron chi connectivity index (χ4n) is 2.54. The van der Waals surface area contributed by atoms with Crippen molar-refractivity contribution in [2.75, 3.05) is 13.1 Å². The molecule has 0 atom stereocenters. The number of benzene rings is 2. The summed E-state index contributed by atoms with van der Waals surface area (Å²) in [6.45, 7) is 1.23. The van der Waals surface area contributed by atoms with Gasteiger partial charge in [-0.15, -0.1) is 0 Å². The lowest BCUT2D eigenvalue weighted by molar-refractivity contribution is 0.0770. The topological polar surface area (TPSA) is 49.4 Å². The standard InChI is InChI=1S/C17H15FN2O2/c18-15-8-4-3-7-14(15)16(21)19-9-10-20-11-12-5-1-2-6-13(12)17(20)22/h1-8H,9-11H2,(H,19,21). The smallest absolute Gasteiger partial charge is 0.254 e. The van der Waals surface area contributed by atoms with Crippen molar-refractivity contribution in [3.8, 4) is 0 Å². The van der Waals surface area contributed by atoms with Gasteiger partial charge in [-0.2, -0.15) is 0 Å². The van der Waals surface area contributed by atoms with Crippen LogP contribution in [0, 0.1) is 5.82 Å². The lowest BCUT2D eigenvalue weighted by Gasteiger charge is -2.16. The molecule has 1 heterocycles. The van der Waals surface area contributed by atoms with Crippen LogP contribution in [0.3, 0.4) is 0 Å². The van der Waals surface area contributed by atoms with Crippen LogP contribution in [-0.2, 0) is 6.54 Å². The van der Waals surface area contributed by atoms with Crippen molar-refractivity contribution < 1.29 is 14.0 Å². The SMILES string of the molecule is O=C(NCCN1Cc2ccccc2C1=O)c1ccccc1F. The molecule has 0 aromatic heterocycles. The van der Waals surface area contributed by atoms with E-state index in [4.69, 9.17) is 0 Å². The number of hydrogen-bond acceptors (Lipinski definition) is 2. The van der Waals surface area contributed by atoms with Crippen molar-refractivity contribution in [2.45, 2.75) is 6.54 Å². The minimum atomic E-state index is -0.551. The molecule has 2 amide bonds. The number of halogens is 1. The number of nitrogens with one attached hydrogen (secondary N) is 1. The Bertz CT molecular complexity index is 730. The Kier molecular flexibility index (Phi) is 3.87. The van der Waals surface area contributed by atoms with Crippen LogP contribution in [0.1, 0.15) is 26.3 Å². The summed E-state index contributed by atoms with van der Waals surface area (Å²) in [5.41, 5.74) is 1.72. The number of rotatable bonds is 4. The van der Waals surface area contributed by atoms with E-state index in [0.717, 1.165) is 5.56 Å². The number of amides is 2. The summed E-state index contributed by atoms with van der Waals surface area (Å²) >= 11 is 0. The van der Waals surface area contributed by atoms with Gasteiger partial charge < -0.3 is 10.2 Å². The van der Waals surface area contributed by atoms with E-state index in [1.54, 1.807) is 17.0 Å². The zero-order valence-corrected chi connectivity index (χ0v) is 11.9. The molecular weight excluding hydrogens is 283 g/mol. The maximum atomic E-state index is 13.5. The monoisotopic (exact) mass is 298 g/mol. The molecule has 2 aromatic carbocycles. The van der Waals surface area contributed by atoms with E-state index in [1.807, 2.05) is 18.2 Å². The van der Waals surface area contributed by atoms with Crippen LogP contribution in [-0.4, -0.2) is 29.8 Å². The first-order valence-corrected chi connectivity index (χ1v) is 7.07. The van der Waals surface area contributed by atoms with E-state index in [0.29, 0.717) is 18.7 Å². The number of carbonyl (C=O) groups excluding carboxylic acids is 2. The minimum absolute atomic E-state index is 0.0125. The molecule has 0 spiro atoms. The second kappa shape index (κ2) is 5.97. The highest BCUT2D eigenvalue weighted by atomic mass is 19.1. The lowest BCUT2D eigenvalue weighted by Crippen LogP contribution is -2.35. The van der Waals surface area contributed by atoms with Gasteiger partial charge in [0.25, 0.3) is 11.8 Å². The number of nitrogens with zero attached hydrogens (tertiary/aromatic N) is 1. The van der Waals surface area contributed by atoms with Gasteiger partial charge in [0, 0.05) is 25.2 Å². The molecule has 3 rings (SSSR count). The Balaban J connectivity index is 1.56. The zero-order valence-electron chi connectivity index (χ0n) is 11.9. The summed E-state index contributed by atoms with van der Waals surface area (Å²) in [6, 6.07) is 13.3. The average Bonchev–Trinajstić information content (AvgIpc) is 2.84. The molecule has 0 radical (unpaired) electrons. The molecule has 0 saturated carbocycles. The van der Waals surface area contributed by atoms with Crippen molar-refractivity contribution in [3.63, 3.8) is 0 Å². The third-order valence-electron chi connectivity index (χ3n) is 3.68. The summed E-state index contributed by atoms with van der Waals surface area (Å²) in [4.78, 5) is 25.7. The van der Waals surface area contributed by atoms with Crippen LogP contribution >= 0.6 is 0 Å².